The molecule has 0 aromatic heterocycles. The molecule has 0 unspecified atom stereocenters. The van der Waals surface area contributed by atoms with E-state index in [1.54, 1.807) is 4.90 Å². The molecule has 1 aromatic rings. The summed E-state index contributed by atoms with van der Waals surface area (Å²) in [4.78, 5) is 28.8. The Bertz CT molecular complexity index is 743. The lowest BCUT2D eigenvalue weighted by molar-refractivity contribution is -0.135. The number of hydrogen-bond donors (Lipinski definition) is 0. The fraction of sp³-hybridized carbons (Fsp3) is 0.421. The molecule has 27 heavy (non-hydrogen) atoms. The number of amides is 2. The summed E-state index contributed by atoms with van der Waals surface area (Å²) in [5.41, 5.74) is 0.906. The van der Waals surface area contributed by atoms with Crippen LogP contribution in [0.4, 0.5) is 0 Å². The third-order valence-electron chi connectivity index (χ3n) is 4.28. The van der Waals surface area contributed by atoms with Gasteiger partial charge in [-0.3, -0.25) is 14.5 Å². The normalized spacial score (nSPS) is 19.1. The van der Waals surface area contributed by atoms with E-state index in [9.17, 15) is 9.59 Å². The van der Waals surface area contributed by atoms with Crippen LogP contribution in [0, 0.1) is 0 Å². The van der Waals surface area contributed by atoms with Crippen LogP contribution in [-0.2, 0) is 14.3 Å². The van der Waals surface area contributed by atoms with E-state index in [0.29, 0.717) is 48.7 Å². The van der Waals surface area contributed by atoms with E-state index in [4.69, 9.17) is 21.7 Å². The average molecular weight is 407 g/mol. The molecule has 0 saturated carbocycles. The van der Waals surface area contributed by atoms with Gasteiger partial charge in [0, 0.05) is 26.1 Å². The first kappa shape index (κ1) is 19.9. The molecule has 0 atom stereocenters. The van der Waals surface area contributed by atoms with Crippen LogP contribution in [0.3, 0.4) is 0 Å². The van der Waals surface area contributed by atoms with Crippen LogP contribution in [0.1, 0.15) is 18.9 Å². The first-order valence-corrected chi connectivity index (χ1v) is 10.1. The molecule has 0 radical (unpaired) electrons. The topological polar surface area (TPSA) is 59.1 Å². The van der Waals surface area contributed by atoms with E-state index >= 15 is 0 Å². The Balaban J connectivity index is 1.59. The van der Waals surface area contributed by atoms with Crippen molar-refractivity contribution in [3.8, 4) is 5.75 Å². The third-order valence-corrected chi connectivity index (χ3v) is 5.65. The molecule has 6 nitrogen and oxygen atoms in total. The van der Waals surface area contributed by atoms with Gasteiger partial charge in [-0.1, -0.05) is 36.1 Å². The Labute approximate surface area is 168 Å². The molecule has 2 aliphatic heterocycles. The van der Waals surface area contributed by atoms with Crippen LogP contribution in [0.25, 0.3) is 6.08 Å². The number of carbonyl (C=O) groups excluding carboxylic acids is 2. The highest BCUT2D eigenvalue weighted by Gasteiger charge is 2.32. The van der Waals surface area contributed by atoms with Crippen molar-refractivity contribution in [2.45, 2.75) is 13.3 Å². The summed E-state index contributed by atoms with van der Waals surface area (Å²) in [7, 11) is 0. The predicted molar refractivity (Wildman–Crippen MR) is 110 cm³/mol. The van der Waals surface area contributed by atoms with Crippen LogP contribution in [0.5, 0.6) is 5.75 Å². The highest BCUT2D eigenvalue weighted by molar-refractivity contribution is 8.26. The molecule has 3 rings (SSSR count). The Hall–Kier alpha value is -1.90. The number of thioether (sulfide) groups is 1. The zero-order valence-corrected chi connectivity index (χ0v) is 16.8. The molecule has 2 amide bonds. The molecule has 1 aromatic carbocycles. The minimum Gasteiger partial charge on any atom is -0.494 e. The predicted octanol–water partition coefficient (Wildman–Crippen LogP) is 2.54. The molecule has 0 spiro atoms. The maximum Gasteiger partial charge on any atom is 0.266 e. The summed E-state index contributed by atoms with van der Waals surface area (Å²) in [5, 5.41) is 0. The summed E-state index contributed by atoms with van der Waals surface area (Å²) in [6.45, 7) is 5.20. The van der Waals surface area contributed by atoms with Gasteiger partial charge < -0.3 is 14.4 Å². The number of morpholine rings is 1. The standard InChI is InChI=1S/C19H22N2O4S2/c1-2-25-15-5-3-14(4-6-15)13-16-18(23)21(19(26)27-16)8-7-17(22)20-9-11-24-12-10-20/h3-6,13H,2,7-12H2,1H3/b16-13-. The molecule has 0 N–H and O–H groups in total. The van der Waals surface area contributed by atoms with E-state index in [1.807, 2.05) is 37.3 Å². The number of rotatable bonds is 6. The van der Waals surface area contributed by atoms with E-state index < -0.39 is 0 Å². The number of benzene rings is 1. The van der Waals surface area contributed by atoms with Crippen LogP contribution in [0.2, 0.25) is 0 Å². The van der Waals surface area contributed by atoms with E-state index in [2.05, 4.69) is 0 Å². The minimum atomic E-state index is -0.145. The van der Waals surface area contributed by atoms with Crippen molar-refractivity contribution in [3.05, 3.63) is 34.7 Å². The van der Waals surface area contributed by atoms with E-state index in [-0.39, 0.29) is 18.2 Å². The largest absolute Gasteiger partial charge is 0.494 e. The van der Waals surface area contributed by atoms with Crippen LogP contribution < -0.4 is 4.74 Å². The second kappa shape index (κ2) is 9.34. The molecule has 2 saturated heterocycles. The highest BCUT2D eigenvalue weighted by atomic mass is 32.2. The van der Waals surface area contributed by atoms with E-state index in [0.717, 1.165) is 11.3 Å². The van der Waals surface area contributed by atoms with Crippen molar-refractivity contribution in [3.63, 3.8) is 0 Å². The zero-order valence-electron chi connectivity index (χ0n) is 15.2. The van der Waals surface area contributed by atoms with Gasteiger partial charge in [0.05, 0.1) is 24.7 Å². The SMILES string of the molecule is CCOc1ccc(/C=C2\SC(=S)N(CCC(=O)N3CCOCC3)C2=O)cc1. The fourth-order valence-electron chi connectivity index (χ4n) is 2.85. The molecule has 8 heteroatoms. The van der Waals surface area contributed by atoms with Gasteiger partial charge >= 0.3 is 0 Å². The van der Waals surface area contributed by atoms with Gasteiger partial charge in [0.15, 0.2) is 0 Å². The summed E-state index contributed by atoms with van der Waals surface area (Å²) >= 11 is 6.61. The molecule has 0 bridgehead atoms. The lowest BCUT2D eigenvalue weighted by atomic mass is 10.2. The van der Waals surface area contributed by atoms with Crippen molar-refractivity contribution in [1.82, 2.24) is 9.80 Å². The highest BCUT2D eigenvalue weighted by Crippen LogP contribution is 2.32. The van der Waals surface area contributed by atoms with Crippen LogP contribution in [-0.4, -0.2) is 65.4 Å². The number of nitrogens with zero attached hydrogens (tertiary/aromatic N) is 2. The maximum absolute atomic E-state index is 12.7. The maximum atomic E-state index is 12.7. The fourth-order valence-corrected chi connectivity index (χ4v) is 4.16. The first-order chi connectivity index (χ1) is 13.1. The first-order valence-electron chi connectivity index (χ1n) is 8.92. The number of hydrogen-bond acceptors (Lipinski definition) is 6. The Kier molecular flexibility index (Phi) is 6.87. The van der Waals surface area contributed by atoms with Gasteiger partial charge in [-0.2, -0.15) is 0 Å². The second-order valence-corrected chi connectivity index (χ2v) is 7.75. The van der Waals surface area contributed by atoms with Gasteiger partial charge in [-0.25, -0.2) is 0 Å². The van der Waals surface area contributed by atoms with Gasteiger partial charge in [0.1, 0.15) is 10.1 Å². The van der Waals surface area contributed by atoms with Crippen molar-refractivity contribution in [1.29, 1.82) is 0 Å². The molecular weight excluding hydrogens is 384 g/mol. The third kappa shape index (κ3) is 5.09. The molecule has 2 fully saturated rings. The molecule has 0 aliphatic carbocycles. The second-order valence-electron chi connectivity index (χ2n) is 6.08. The Morgan fingerprint density at radius 2 is 2.00 bits per heavy atom. The Morgan fingerprint density at radius 1 is 1.30 bits per heavy atom. The lowest BCUT2D eigenvalue weighted by Gasteiger charge is -2.27. The van der Waals surface area contributed by atoms with Gasteiger partial charge in [-0.15, -0.1) is 0 Å². The average Bonchev–Trinajstić information content (AvgIpc) is 2.95. The molecular formula is C19H22N2O4S2. The summed E-state index contributed by atoms with van der Waals surface area (Å²) in [6, 6.07) is 7.55. The summed E-state index contributed by atoms with van der Waals surface area (Å²) in [6.07, 6.45) is 2.08. The quantitative estimate of drug-likeness (QED) is 0.535. The smallest absolute Gasteiger partial charge is 0.266 e. The summed E-state index contributed by atoms with van der Waals surface area (Å²) in [5.74, 6) is 0.681. The van der Waals surface area contributed by atoms with Crippen molar-refractivity contribution < 1.29 is 19.1 Å². The zero-order chi connectivity index (χ0) is 19.2. The van der Waals surface area contributed by atoms with Crippen LogP contribution >= 0.6 is 24.0 Å². The molecule has 2 aliphatic rings. The van der Waals surface area contributed by atoms with Gasteiger partial charge in [0.2, 0.25) is 5.91 Å². The van der Waals surface area contributed by atoms with Crippen LogP contribution in [0.15, 0.2) is 29.2 Å². The number of thiocarbonyl (C=S) groups is 1. The van der Waals surface area contributed by atoms with Crippen molar-refractivity contribution in [2.75, 3.05) is 39.5 Å². The lowest BCUT2D eigenvalue weighted by Crippen LogP contribution is -2.42. The number of carbonyl (C=O) groups is 2. The number of ether oxygens (including phenoxy) is 2. The molecule has 144 valence electrons. The van der Waals surface area contributed by atoms with E-state index in [1.165, 1.54) is 16.7 Å². The van der Waals surface area contributed by atoms with Gasteiger partial charge in [-0.05, 0) is 30.7 Å². The minimum absolute atomic E-state index is 0.0304. The monoisotopic (exact) mass is 406 g/mol. The van der Waals surface area contributed by atoms with Gasteiger partial charge in [0.25, 0.3) is 5.91 Å². The Morgan fingerprint density at radius 3 is 2.67 bits per heavy atom. The summed E-state index contributed by atoms with van der Waals surface area (Å²) < 4.78 is 11.2. The van der Waals surface area contributed by atoms with Crippen molar-refractivity contribution in [2.24, 2.45) is 0 Å². The molecule has 2 heterocycles. The van der Waals surface area contributed by atoms with Crippen molar-refractivity contribution >= 4 is 46.2 Å².